The summed E-state index contributed by atoms with van der Waals surface area (Å²) in [4.78, 5) is 10.1. The predicted molar refractivity (Wildman–Crippen MR) is 54.3 cm³/mol. The first-order valence-corrected chi connectivity index (χ1v) is 4.11. The molecule has 0 atom stereocenters. The van der Waals surface area contributed by atoms with Gasteiger partial charge in [-0.3, -0.25) is 9.80 Å². The molecular formula is C9H12N4O. The second-order valence-corrected chi connectivity index (χ2v) is 2.85. The Bertz CT molecular complexity index is 318. The van der Waals surface area contributed by atoms with Crippen molar-refractivity contribution in [1.29, 1.82) is 0 Å². The fourth-order valence-electron chi connectivity index (χ4n) is 0.833. The maximum Gasteiger partial charge on any atom is 0.211 e. The molecule has 14 heavy (non-hydrogen) atoms. The van der Waals surface area contributed by atoms with E-state index in [0.717, 1.165) is 11.4 Å². The molecule has 0 aliphatic rings. The summed E-state index contributed by atoms with van der Waals surface area (Å²) in [5.74, 6) is 0. The van der Waals surface area contributed by atoms with Gasteiger partial charge in [0.2, 0.25) is 6.41 Å². The van der Waals surface area contributed by atoms with Crippen LogP contribution in [0.2, 0.25) is 0 Å². The Hall–Kier alpha value is -1.91. The minimum Gasteiger partial charge on any atom is -0.329 e. The maximum absolute atomic E-state index is 10.1. The van der Waals surface area contributed by atoms with E-state index in [1.165, 1.54) is 0 Å². The van der Waals surface area contributed by atoms with Crippen LogP contribution in [-0.2, 0) is 4.79 Å². The molecule has 0 aromatic heterocycles. The molecule has 0 bridgehead atoms. The SMILES string of the molecule is CN(C)N=Nc1ccc(NC=O)cc1. The summed E-state index contributed by atoms with van der Waals surface area (Å²) in [6.07, 6.45) is 0.635. The van der Waals surface area contributed by atoms with Crippen molar-refractivity contribution in [3.63, 3.8) is 0 Å². The first-order chi connectivity index (χ1) is 6.72. The number of nitrogens with one attached hydrogen (secondary N) is 1. The Morgan fingerprint density at radius 2 is 1.93 bits per heavy atom. The number of carbonyl (C=O) groups excluding carboxylic acids is 1. The minimum atomic E-state index is 0.635. The van der Waals surface area contributed by atoms with E-state index in [9.17, 15) is 4.79 Å². The van der Waals surface area contributed by atoms with E-state index in [2.05, 4.69) is 15.7 Å². The third-order valence-electron chi connectivity index (χ3n) is 1.43. The van der Waals surface area contributed by atoms with Gasteiger partial charge in [0.25, 0.3) is 0 Å². The lowest BCUT2D eigenvalue weighted by Gasteiger charge is -2.01. The molecule has 1 N–H and O–H groups in total. The van der Waals surface area contributed by atoms with Crippen molar-refractivity contribution in [3.05, 3.63) is 24.3 Å². The van der Waals surface area contributed by atoms with Crippen LogP contribution < -0.4 is 5.32 Å². The minimum absolute atomic E-state index is 0.635. The summed E-state index contributed by atoms with van der Waals surface area (Å²) in [5, 5.41) is 11.9. The van der Waals surface area contributed by atoms with Crippen LogP contribution in [0.1, 0.15) is 0 Å². The summed E-state index contributed by atoms with van der Waals surface area (Å²) in [6, 6.07) is 7.08. The first-order valence-electron chi connectivity index (χ1n) is 4.11. The van der Waals surface area contributed by atoms with Gasteiger partial charge in [-0.2, -0.15) is 0 Å². The van der Waals surface area contributed by atoms with Crippen LogP contribution in [0.15, 0.2) is 34.6 Å². The van der Waals surface area contributed by atoms with Crippen molar-refractivity contribution in [2.24, 2.45) is 10.3 Å². The second kappa shape index (κ2) is 4.96. The van der Waals surface area contributed by atoms with E-state index in [0.29, 0.717) is 6.41 Å². The summed E-state index contributed by atoms with van der Waals surface area (Å²) in [5.41, 5.74) is 1.49. The van der Waals surface area contributed by atoms with Crippen molar-refractivity contribution < 1.29 is 4.79 Å². The number of benzene rings is 1. The maximum atomic E-state index is 10.1. The molecule has 1 aromatic carbocycles. The van der Waals surface area contributed by atoms with Crippen LogP contribution in [0.3, 0.4) is 0 Å². The second-order valence-electron chi connectivity index (χ2n) is 2.85. The van der Waals surface area contributed by atoms with Crippen LogP contribution in [0.25, 0.3) is 0 Å². The molecule has 1 amide bonds. The number of hydrogen-bond donors (Lipinski definition) is 1. The molecule has 0 spiro atoms. The average Bonchev–Trinajstić information content (AvgIpc) is 2.17. The molecule has 0 aliphatic carbocycles. The normalized spacial score (nSPS) is 10.1. The van der Waals surface area contributed by atoms with Crippen LogP contribution in [0.5, 0.6) is 0 Å². The van der Waals surface area contributed by atoms with Gasteiger partial charge in [0.1, 0.15) is 0 Å². The predicted octanol–water partition coefficient (Wildman–Crippen LogP) is 1.82. The van der Waals surface area contributed by atoms with Gasteiger partial charge in [0.15, 0.2) is 0 Å². The molecule has 74 valence electrons. The number of rotatable bonds is 4. The van der Waals surface area contributed by atoms with Gasteiger partial charge in [-0.05, 0) is 24.3 Å². The Morgan fingerprint density at radius 1 is 1.29 bits per heavy atom. The number of anilines is 1. The largest absolute Gasteiger partial charge is 0.329 e. The third-order valence-corrected chi connectivity index (χ3v) is 1.43. The molecule has 0 saturated heterocycles. The zero-order valence-corrected chi connectivity index (χ0v) is 8.14. The fourth-order valence-corrected chi connectivity index (χ4v) is 0.833. The van der Waals surface area contributed by atoms with E-state index < -0.39 is 0 Å². The molecule has 1 aromatic rings. The summed E-state index contributed by atoms with van der Waals surface area (Å²) in [7, 11) is 3.59. The van der Waals surface area contributed by atoms with E-state index in [1.54, 1.807) is 43.4 Å². The van der Waals surface area contributed by atoms with Crippen LogP contribution in [0, 0.1) is 0 Å². The van der Waals surface area contributed by atoms with Gasteiger partial charge in [-0.15, -0.1) is 5.11 Å². The lowest BCUT2D eigenvalue weighted by Crippen LogP contribution is -1.98. The highest BCUT2D eigenvalue weighted by Gasteiger charge is 1.91. The molecule has 1 rings (SSSR count). The molecule has 0 aliphatic heterocycles. The van der Waals surface area contributed by atoms with E-state index in [-0.39, 0.29) is 0 Å². The highest BCUT2D eigenvalue weighted by Crippen LogP contribution is 2.16. The topological polar surface area (TPSA) is 57.1 Å². The summed E-state index contributed by atoms with van der Waals surface area (Å²) >= 11 is 0. The molecule has 5 heteroatoms. The van der Waals surface area contributed by atoms with Gasteiger partial charge in [-0.25, -0.2) is 0 Å². The lowest BCUT2D eigenvalue weighted by molar-refractivity contribution is -0.105. The van der Waals surface area contributed by atoms with E-state index in [1.807, 2.05) is 0 Å². The van der Waals surface area contributed by atoms with Gasteiger partial charge < -0.3 is 5.32 Å². The summed E-state index contributed by atoms with van der Waals surface area (Å²) in [6.45, 7) is 0. The number of carbonyl (C=O) groups is 1. The monoisotopic (exact) mass is 192 g/mol. The standard InChI is InChI=1S/C9H12N4O/c1-13(2)12-11-9-5-3-8(4-6-9)10-7-14/h3-7H,1-2H3,(H,10,14). The number of nitrogens with zero attached hydrogens (tertiary/aromatic N) is 3. The van der Waals surface area contributed by atoms with Gasteiger partial charge in [0, 0.05) is 19.8 Å². The number of amides is 1. The molecule has 0 saturated carbocycles. The lowest BCUT2D eigenvalue weighted by atomic mass is 10.3. The van der Waals surface area contributed by atoms with Gasteiger partial charge in [-0.1, -0.05) is 5.22 Å². The molecule has 0 radical (unpaired) electrons. The third kappa shape index (κ3) is 3.22. The Balaban J connectivity index is 2.68. The Morgan fingerprint density at radius 3 is 2.43 bits per heavy atom. The highest BCUT2D eigenvalue weighted by molar-refractivity contribution is 5.71. The first kappa shape index (κ1) is 10.2. The zero-order chi connectivity index (χ0) is 10.4. The van der Waals surface area contributed by atoms with E-state index in [4.69, 9.17) is 0 Å². The Labute approximate surface area is 82.4 Å². The fraction of sp³-hybridized carbons (Fsp3) is 0.222. The Kier molecular flexibility index (Phi) is 3.60. The van der Waals surface area contributed by atoms with Crippen molar-refractivity contribution in [3.8, 4) is 0 Å². The molecule has 0 fully saturated rings. The van der Waals surface area contributed by atoms with Crippen LogP contribution >= 0.6 is 0 Å². The van der Waals surface area contributed by atoms with Crippen LogP contribution in [0.4, 0.5) is 11.4 Å². The van der Waals surface area contributed by atoms with Crippen LogP contribution in [-0.4, -0.2) is 25.5 Å². The van der Waals surface area contributed by atoms with Crippen molar-refractivity contribution in [2.45, 2.75) is 0 Å². The summed E-state index contributed by atoms with van der Waals surface area (Å²) < 4.78 is 0. The molecule has 5 nitrogen and oxygen atoms in total. The quantitative estimate of drug-likeness (QED) is 0.449. The molecular weight excluding hydrogens is 180 g/mol. The van der Waals surface area contributed by atoms with Gasteiger partial charge in [0.05, 0.1) is 5.69 Å². The highest BCUT2D eigenvalue weighted by atomic mass is 16.1. The molecule has 0 unspecified atom stereocenters. The smallest absolute Gasteiger partial charge is 0.211 e. The van der Waals surface area contributed by atoms with Crippen molar-refractivity contribution >= 4 is 17.8 Å². The molecule has 0 heterocycles. The number of hydrogen-bond acceptors (Lipinski definition) is 3. The average molecular weight is 192 g/mol. The van der Waals surface area contributed by atoms with E-state index >= 15 is 0 Å². The van der Waals surface area contributed by atoms with Gasteiger partial charge >= 0.3 is 0 Å². The van der Waals surface area contributed by atoms with Crippen molar-refractivity contribution in [1.82, 2.24) is 5.01 Å². The van der Waals surface area contributed by atoms with Crippen molar-refractivity contribution in [2.75, 3.05) is 19.4 Å². The zero-order valence-electron chi connectivity index (χ0n) is 8.14.